The van der Waals surface area contributed by atoms with Gasteiger partial charge in [0.2, 0.25) is 5.88 Å². The van der Waals surface area contributed by atoms with Gasteiger partial charge in [-0.25, -0.2) is 9.37 Å². The Bertz CT molecular complexity index is 830. The average molecular weight is 353 g/mol. The molecule has 2 aromatic rings. The molecule has 0 radical (unpaired) electrons. The molecule has 1 saturated heterocycles. The highest BCUT2D eigenvalue weighted by molar-refractivity contribution is 5.76. The third-order valence-electron chi connectivity index (χ3n) is 5.44. The van der Waals surface area contributed by atoms with Gasteiger partial charge in [-0.15, -0.1) is 0 Å². The van der Waals surface area contributed by atoms with Gasteiger partial charge in [-0.1, -0.05) is 11.6 Å². The van der Waals surface area contributed by atoms with Crippen LogP contribution in [0.25, 0.3) is 5.57 Å². The van der Waals surface area contributed by atoms with Crippen molar-refractivity contribution < 1.29 is 9.13 Å². The molecule has 0 unspecified atom stereocenters. The number of fused-ring (bicyclic) bond motifs is 1. The number of hydrogen-bond acceptors (Lipinski definition) is 4. The molecule has 136 valence electrons. The zero-order chi connectivity index (χ0) is 17.9. The van der Waals surface area contributed by atoms with Crippen molar-refractivity contribution in [3.8, 4) is 5.88 Å². The summed E-state index contributed by atoms with van der Waals surface area (Å²) in [7, 11) is 1.62. The van der Waals surface area contributed by atoms with E-state index < -0.39 is 0 Å². The minimum absolute atomic E-state index is 0.150. The fourth-order valence-electron chi connectivity index (χ4n) is 3.92. The molecule has 1 fully saturated rings. The van der Waals surface area contributed by atoms with E-state index in [0.717, 1.165) is 43.5 Å². The highest BCUT2D eigenvalue weighted by atomic mass is 19.1. The Labute approximate surface area is 153 Å². The van der Waals surface area contributed by atoms with E-state index in [0.29, 0.717) is 5.88 Å². The third-order valence-corrected chi connectivity index (χ3v) is 5.44. The topological polar surface area (TPSA) is 38.3 Å². The lowest BCUT2D eigenvalue weighted by molar-refractivity contribution is 0.184. The smallest absolute Gasteiger partial charge is 0.235 e. The SMILES string of the molecule is COc1nccnc1CCC1=C(CCN2CCC2)Cc2cc(F)ccc21. The summed E-state index contributed by atoms with van der Waals surface area (Å²) in [6.07, 6.45) is 8.24. The summed E-state index contributed by atoms with van der Waals surface area (Å²) >= 11 is 0. The summed E-state index contributed by atoms with van der Waals surface area (Å²) < 4.78 is 19.0. The van der Waals surface area contributed by atoms with E-state index in [-0.39, 0.29) is 5.82 Å². The number of likely N-dealkylation sites (tertiary alicyclic amines) is 1. The summed E-state index contributed by atoms with van der Waals surface area (Å²) in [5.41, 5.74) is 5.99. The maximum Gasteiger partial charge on any atom is 0.235 e. The van der Waals surface area contributed by atoms with E-state index in [1.54, 1.807) is 31.6 Å². The van der Waals surface area contributed by atoms with Crippen LogP contribution in [-0.2, 0) is 12.8 Å². The van der Waals surface area contributed by atoms with Gasteiger partial charge in [-0.3, -0.25) is 4.98 Å². The maximum atomic E-state index is 13.7. The van der Waals surface area contributed by atoms with Gasteiger partial charge in [0.05, 0.1) is 7.11 Å². The predicted octanol–water partition coefficient (Wildman–Crippen LogP) is 3.66. The number of methoxy groups -OCH3 is 1. The van der Waals surface area contributed by atoms with Crippen molar-refractivity contribution in [1.29, 1.82) is 0 Å². The summed E-state index contributed by atoms with van der Waals surface area (Å²) in [5, 5.41) is 0. The number of hydrogen-bond donors (Lipinski definition) is 0. The number of ether oxygens (including phenoxy) is 1. The van der Waals surface area contributed by atoms with Gasteiger partial charge in [0, 0.05) is 18.9 Å². The fourth-order valence-corrected chi connectivity index (χ4v) is 3.92. The lowest BCUT2D eigenvalue weighted by Gasteiger charge is -2.30. The van der Waals surface area contributed by atoms with Crippen LogP contribution in [0.3, 0.4) is 0 Å². The Balaban J connectivity index is 1.55. The number of rotatable bonds is 7. The second-order valence-corrected chi connectivity index (χ2v) is 7.02. The van der Waals surface area contributed by atoms with Crippen LogP contribution in [0.1, 0.15) is 36.1 Å². The van der Waals surface area contributed by atoms with Crippen molar-refractivity contribution in [2.75, 3.05) is 26.7 Å². The van der Waals surface area contributed by atoms with Crippen molar-refractivity contribution in [1.82, 2.24) is 14.9 Å². The Morgan fingerprint density at radius 3 is 2.73 bits per heavy atom. The normalized spacial score (nSPS) is 16.5. The number of aromatic nitrogens is 2. The lowest BCUT2D eigenvalue weighted by Crippen LogP contribution is -2.37. The molecule has 0 bridgehead atoms. The summed E-state index contributed by atoms with van der Waals surface area (Å²) in [6, 6.07) is 5.19. The van der Waals surface area contributed by atoms with Crippen LogP contribution < -0.4 is 4.74 Å². The Morgan fingerprint density at radius 2 is 1.96 bits per heavy atom. The van der Waals surface area contributed by atoms with Gasteiger partial charge in [0.15, 0.2) is 0 Å². The quantitative estimate of drug-likeness (QED) is 0.761. The molecule has 0 saturated carbocycles. The molecule has 1 aliphatic heterocycles. The highest BCUT2D eigenvalue weighted by Gasteiger charge is 2.23. The fraction of sp³-hybridized carbons (Fsp3) is 0.429. The summed E-state index contributed by atoms with van der Waals surface area (Å²) in [5.74, 6) is 0.440. The molecule has 26 heavy (non-hydrogen) atoms. The minimum atomic E-state index is -0.150. The molecule has 1 aromatic carbocycles. The molecular formula is C21H24FN3O. The van der Waals surface area contributed by atoms with Crippen LogP contribution in [0.2, 0.25) is 0 Å². The summed E-state index contributed by atoms with van der Waals surface area (Å²) in [4.78, 5) is 11.1. The molecule has 0 atom stereocenters. The molecule has 4 rings (SSSR count). The van der Waals surface area contributed by atoms with Gasteiger partial charge in [-0.2, -0.15) is 0 Å². The van der Waals surface area contributed by atoms with Crippen molar-refractivity contribution >= 4 is 5.57 Å². The molecule has 1 aromatic heterocycles. The van der Waals surface area contributed by atoms with Gasteiger partial charge < -0.3 is 9.64 Å². The standard InChI is InChI=1S/C21H24FN3O/c1-26-21-20(23-8-9-24-21)6-5-18-15(7-12-25-10-2-11-25)13-16-14-17(22)3-4-19(16)18/h3-4,8-9,14H,2,5-7,10-13H2,1H3. The molecule has 0 amide bonds. The van der Waals surface area contributed by atoms with Crippen molar-refractivity contribution in [3.05, 3.63) is 58.8 Å². The number of allylic oxidation sites excluding steroid dienone is 1. The largest absolute Gasteiger partial charge is 0.480 e. The molecule has 5 heteroatoms. The zero-order valence-electron chi connectivity index (χ0n) is 15.2. The van der Waals surface area contributed by atoms with E-state index in [9.17, 15) is 4.39 Å². The third kappa shape index (κ3) is 3.49. The average Bonchev–Trinajstić information content (AvgIpc) is 2.95. The maximum absolute atomic E-state index is 13.7. The van der Waals surface area contributed by atoms with Gasteiger partial charge >= 0.3 is 0 Å². The van der Waals surface area contributed by atoms with E-state index >= 15 is 0 Å². The van der Waals surface area contributed by atoms with Crippen molar-refractivity contribution in [2.24, 2.45) is 0 Å². The summed E-state index contributed by atoms with van der Waals surface area (Å²) in [6.45, 7) is 3.52. The van der Waals surface area contributed by atoms with Crippen molar-refractivity contribution in [2.45, 2.75) is 32.1 Å². The van der Waals surface area contributed by atoms with Crippen LogP contribution in [0.5, 0.6) is 5.88 Å². The second kappa shape index (κ2) is 7.54. The Morgan fingerprint density at radius 1 is 1.12 bits per heavy atom. The first-order valence-corrected chi connectivity index (χ1v) is 9.30. The second-order valence-electron chi connectivity index (χ2n) is 7.02. The van der Waals surface area contributed by atoms with E-state index in [2.05, 4.69) is 14.9 Å². The van der Waals surface area contributed by atoms with Crippen LogP contribution in [0.15, 0.2) is 36.2 Å². The molecule has 0 N–H and O–H groups in total. The first-order valence-electron chi connectivity index (χ1n) is 9.30. The number of aryl methyl sites for hydroxylation is 1. The molecule has 1 aliphatic carbocycles. The lowest BCUT2D eigenvalue weighted by atomic mass is 9.98. The van der Waals surface area contributed by atoms with Gasteiger partial charge in [0.25, 0.3) is 0 Å². The molecule has 2 heterocycles. The highest BCUT2D eigenvalue weighted by Crippen LogP contribution is 2.38. The van der Waals surface area contributed by atoms with E-state index in [1.165, 1.54) is 36.2 Å². The van der Waals surface area contributed by atoms with Crippen LogP contribution in [-0.4, -0.2) is 41.6 Å². The number of nitrogens with zero attached hydrogens (tertiary/aromatic N) is 3. The molecular weight excluding hydrogens is 329 g/mol. The van der Waals surface area contributed by atoms with E-state index in [1.807, 2.05) is 6.07 Å². The molecule has 2 aliphatic rings. The van der Waals surface area contributed by atoms with Crippen molar-refractivity contribution in [3.63, 3.8) is 0 Å². The van der Waals surface area contributed by atoms with Crippen LogP contribution in [0, 0.1) is 5.82 Å². The molecule has 0 spiro atoms. The number of benzene rings is 1. The van der Waals surface area contributed by atoms with Crippen LogP contribution in [0.4, 0.5) is 4.39 Å². The minimum Gasteiger partial charge on any atom is -0.480 e. The zero-order valence-corrected chi connectivity index (χ0v) is 15.2. The van der Waals surface area contributed by atoms with Gasteiger partial charge in [0.1, 0.15) is 11.5 Å². The Kier molecular flexibility index (Phi) is 4.98. The molecule has 4 nitrogen and oxygen atoms in total. The van der Waals surface area contributed by atoms with E-state index in [4.69, 9.17) is 4.74 Å². The van der Waals surface area contributed by atoms with Crippen LogP contribution >= 0.6 is 0 Å². The van der Waals surface area contributed by atoms with Gasteiger partial charge in [-0.05, 0) is 74.0 Å². The first kappa shape index (κ1) is 17.2. The Hall–Kier alpha value is -2.27. The monoisotopic (exact) mass is 353 g/mol. The predicted molar refractivity (Wildman–Crippen MR) is 99.6 cm³/mol. The number of halogens is 1. The first-order chi connectivity index (χ1) is 12.7.